The summed E-state index contributed by atoms with van der Waals surface area (Å²) in [4.78, 5) is 12.1. The highest BCUT2D eigenvalue weighted by Gasteiger charge is 2.16. The average Bonchev–Trinajstić information content (AvgIpc) is 2.74. The van der Waals surface area contributed by atoms with E-state index in [1.807, 2.05) is 60.7 Å². The number of aryl methyl sites for hydroxylation is 1. The van der Waals surface area contributed by atoms with E-state index in [0.29, 0.717) is 36.6 Å². The van der Waals surface area contributed by atoms with Gasteiger partial charge in [0.05, 0.1) is 11.7 Å². The van der Waals surface area contributed by atoms with Crippen molar-refractivity contribution in [3.63, 3.8) is 0 Å². The SMILES string of the molecule is NC(=O)c1c(CNC[C@@H](O)CCc2ccccc2)cccc1Oc1ccccc1. The topological polar surface area (TPSA) is 84.6 Å². The molecule has 5 heteroatoms. The Hall–Kier alpha value is -3.15. The first-order chi connectivity index (χ1) is 14.1. The van der Waals surface area contributed by atoms with E-state index in [-0.39, 0.29) is 0 Å². The number of carbonyl (C=O) groups excluding carboxylic acids is 1. The lowest BCUT2D eigenvalue weighted by molar-refractivity contribution is 0.0997. The third kappa shape index (κ3) is 6.17. The number of carbonyl (C=O) groups is 1. The van der Waals surface area contributed by atoms with Crippen molar-refractivity contribution in [2.24, 2.45) is 5.73 Å². The molecule has 0 heterocycles. The van der Waals surface area contributed by atoms with E-state index in [0.717, 1.165) is 12.0 Å². The van der Waals surface area contributed by atoms with Crippen LogP contribution in [0.3, 0.4) is 0 Å². The molecule has 0 radical (unpaired) electrons. The van der Waals surface area contributed by atoms with Crippen LogP contribution in [0.25, 0.3) is 0 Å². The van der Waals surface area contributed by atoms with Crippen molar-refractivity contribution in [2.45, 2.75) is 25.5 Å². The second kappa shape index (κ2) is 10.4. The molecule has 3 aromatic carbocycles. The van der Waals surface area contributed by atoms with Gasteiger partial charge in [0.1, 0.15) is 11.5 Å². The Balaban J connectivity index is 1.58. The maximum Gasteiger partial charge on any atom is 0.252 e. The minimum atomic E-state index is -0.544. The van der Waals surface area contributed by atoms with Crippen molar-refractivity contribution in [3.8, 4) is 11.5 Å². The number of para-hydroxylation sites is 1. The summed E-state index contributed by atoms with van der Waals surface area (Å²) in [6, 6.07) is 24.7. The van der Waals surface area contributed by atoms with Gasteiger partial charge in [-0.25, -0.2) is 0 Å². The van der Waals surface area contributed by atoms with Crippen molar-refractivity contribution < 1.29 is 14.6 Å². The predicted molar refractivity (Wildman–Crippen MR) is 114 cm³/mol. The number of rotatable bonds is 10. The summed E-state index contributed by atoms with van der Waals surface area (Å²) in [5.41, 5.74) is 7.91. The molecule has 0 aliphatic heterocycles. The highest BCUT2D eigenvalue weighted by atomic mass is 16.5. The summed E-state index contributed by atoms with van der Waals surface area (Å²) < 4.78 is 5.85. The fourth-order valence-electron chi connectivity index (χ4n) is 3.16. The van der Waals surface area contributed by atoms with Crippen LogP contribution in [0.2, 0.25) is 0 Å². The first kappa shape index (κ1) is 20.6. The largest absolute Gasteiger partial charge is 0.457 e. The van der Waals surface area contributed by atoms with Crippen LogP contribution >= 0.6 is 0 Å². The number of hydrogen-bond acceptors (Lipinski definition) is 4. The Morgan fingerprint density at radius 1 is 0.966 bits per heavy atom. The van der Waals surface area contributed by atoms with Gasteiger partial charge in [-0.05, 0) is 42.2 Å². The minimum absolute atomic E-state index is 0.350. The highest BCUT2D eigenvalue weighted by Crippen LogP contribution is 2.27. The molecule has 150 valence electrons. The maximum atomic E-state index is 12.1. The van der Waals surface area contributed by atoms with Gasteiger partial charge in [0.25, 0.3) is 5.91 Å². The van der Waals surface area contributed by atoms with Crippen molar-refractivity contribution in [1.82, 2.24) is 5.32 Å². The fraction of sp³-hybridized carbons (Fsp3) is 0.208. The first-order valence-electron chi connectivity index (χ1n) is 9.71. The van der Waals surface area contributed by atoms with Crippen LogP contribution in [0.1, 0.15) is 27.9 Å². The number of amides is 1. The Labute approximate surface area is 171 Å². The van der Waals surface area contributed by atoms with Gasteiger partial charge in [0, 0.05) is 13.1 Å². The lowest BCUT2D eigenvalue weighted by Crippen LogP contribution is -2.28. The summed E-state index contributed by atoms with van der Waals surface area (Å²) >= 11 is 0. The Morgan fingerprint density at radius 3 is 2.34 bits per heavy atom. The van der Waals surface area contributed by atoms with E-state index in [4.69, 9.17) is 10.5 Å². The molecular weight excluding hydrogens is 364 g/mol. The Morgan fingerprint density at radius 2 is 1.66 bits per heavy atom. The third-order valence-electron chi connectivity index (χ3n) is 4.63. The van der Waals surface area contributed by atoms with Crippen LogP contribution < -0.4 is 15.8 Å². The summed E-state index contributed by atoms with van der Waals surface area (Å²) in [5.74, 6) is 0.516. The zero-order valence-corrected chi connectivity index (χ0v) is 16.3. The van der Waals surface area contributed by atoms with Gasteiger partial charge in [0.2, 0.25) is 0 Å². The number of aliphatic hydroxyl groups is 1. The second-order valence-corrected chi connectivity index (χ2v) is 6.88. The summed E-state index contributed by atoms with van der Waals surface area (Å²) in [7, 11) is 0. The molecule has 0 bridgehead atoms. The van der Waals surface area contributed by atoms with Gasteiger partial charge in [0.15, 0.2) is 0 Å². The lowest BCUT2D eigenvalue weighted by atomic mass is 10.0. The molecule has 29 heavy (non-hydrogen) atoms. The zero-order valence-electron chi connectivity index (χ0n) is 16.3. The highest BCUT2D eigenvalue weighted by molar-refractivity contribution is 5.97. The minimum Gasteiger partial charge on any atom is -0.457 e. The van der Waals surface area contributed by atoms with Gasteiger partial charge in [-0.3, -0.25) is 4.79 Å². The normalized spacial score (nSPS) is 11.8. The van der Waals surface area contributed by atoms with E-state index >= 15 is 0 Å². The molecule has 0 fully saturated rings. The van der Waals surface area contributed by atoms with Gasteiger partial charge >= 0.3 is 0 Å². The quantitative estimate of drug-likeness (QED) is 0.493. The number of benzene rings is 3. The van der Waals surface area contributed by atoms with Crippen LogP contribution in [0.15, 0.2) is 78.9 Å². The molecule has 5 nitrogen and oxygen atoms in total. The zero-order chi connectivity index (χ0) is 20.5. The van der Waals surface area contributed by atoms with Crippen molar-refractivity contribution in [3.05, 3.63) is 95.6 Å². The molecule has 0 aromatic heterocycles. The molecule has 0 aliphatic carbocycles. The van der Waals surface area contributed by atoms with E-state index < -0.39 is 12.0 Å². The van der Waals surface area contributed by atoms with Crippen LogP contribution in [-0.4, -0.2) is 23.7 Å². The molecule has 3 aromatic rings. The van der Waals surface area contributed by atoms with E-state index in [2.05, 4.69) is 17.4 Å². The fourth-order valence-corrected chi connectivity index (χ4v) is 3.16. The standard InChI is InChI=1S/C24H26N2O3/c25-24(28)23-19(10-7-13-22(23)29-21-11-5-2-6-12-21)16-26-17-20(27)15-14-18-8-3-1-4-9-18/h1-13,20,26-27H,14-17H2,(H2,25,28)/t20-/m0/s1. The van der Waals surface area contributed by atoms with Crippen molar-refractivity contribution in [2.75, 3.05) is 6.54 Å². The molecule has 0 aliphatic rings. The second-order valence-electron chi connectivity index (χ2n) is 6.88. The average molecular weight is 390 g/mol. The summed E-state index contributed by atoms with van der Waals surface area (Å²) in [6.45, 7) is 0.835. The molecule has 3 rings (SSSR count). The van der Waals surface area contributed by atoms with E-state index in [9.17, 15) is 9.90 Å². The van der Waals surface area contributed by atoms with Crippen LogP contribution in [0.5, 0.6) is 11.5 Å². The van der Waals surface area contributed by atoms with Crippen LogP contribution in [-0.2, 0) is 13.0 Å². The number of nitrogens with two attached hydrogens (primary N) is 1. The molecule has 0 saturated heterocycles. The van der Waals surface area contributed by atoms with Gasteiger partial charge in [-0.2, -0.15) is 0 Å². The first-order valence-corrected chi connectivity index (χ1v) is 9.71. The summed E-state index contributed by atoms with van der Waals surface area (Å²) in [6.07, 6.45) is 1.00. The van der Waals surface area contributed by atoms with Crippen LogP contribution in [0, 0.1) is 0 Å². The smallest absolute Gasteiger partial charge is 0.252 e. The van der Waals surface area contributed by atoms with Crippen molar-refractivity contribution >= 4 is 5.91 Å². The predicted octanol–water partition coefficient (Wildman–Crippen LogP) is 3.66. The third-order valence-corrected chi connectivity index (χ3v) is 4.63. The van der Waals surface area contributed by atoms with Crippen molar-refractivity contribution in [1.29, 1.82) is 0 Å². The Kier molecular flexibility index (Phi) is 7.39. The maximum absolute atomic E-state index is 12.1. The molecule has 1 amide bonds. The Bertz CT molecular complexity index is 914. The van der Waals surface area contributed by atoms with Gasteiger partial charge in [-0.1, -0.05) is 60.7 Å². The number of aliphatic hydroxyl groups excluding tert-OH is 1. The van der Waals surface area contributed by atoms with Crippen LogP contribution in [0.4, 0.5) is 0 Å². The monoisotopic (exact) mass is 390 g/mol. The molecule has 0 unspecified atom stereocenters. The molecule has 0 saturated carbocycles. The van der Waals surface area contributed by atoms with E-state index in [1.165, 1.54) is 5.56 Å². The summed E-state index contributed by atoms with van der Waals surface area (Å²) in [5, 5.41) is 13.4. The molecule has 0 spiro atoms. The van der Waals surface area contributed by atoms with Gasteiger partial charge in [-0.15, -0.1) is 0 Å². The molecule has 4 N–H and O–H groups in total. The number of primary amides is 1. The molecule has 1 atom stereocenters. The molecular formula is C24H26N2O3. The van der Waals surface area contributed by atoms with Gasteiger partial charge < -0.3 is 20.9 Å². The lowest BCUT2D eigenvalue weighted by Gasteiger charge is -2.15. The number of nitrogens with one attached hydrogen (secondary N) is 1. The number of hydrogen-bond donors (Lipinski definition) is 3. The number of ether oxygens (including phenoxy) is 1. The van der Waals surface area contributed by atoms with E-state index in [1.54, 1.807) is 6.07 Å².